The van der Waals surface area contributed by atoms with E-state index in [2.05, 4.69) is 6.92 Å². The molecule has 5 rings (SSSR count). The Bertz CT molecular complexity index is 819. The Labute approximate surface area is 169 Å². The quantitative estimate of drug-likeness (QED) is 0.774. The third kappa shape index (κ3) is 2.37. The van der Waals surface area contributed by atoms with E-state index in [0.29, 0.717) is 19.3 Å². The molecular formula is C22H28O7. The molecule has 2 aliphatic carbocycles. The van der Waals surface area contributed by atoms with Crippen molar-refractivity contribution in [1.29, 1.82) is 0 Å². The molecule has 7 atom stereocenters. The van der Waals surface area contributed by atoms with Gasteiger partial charge in [0.1, 0.15) is 12.7 Å². The fourth-order valence-corrected chi connectivity index (χ4v) is 6.95. The Morgan fingerprint density at radius 2 is 2.24 bits per heavy atom. The van der Waals surface area contributed by atoms with Crippen molar-refractivity contribution < 1.29 is 33.3 Å². The maximum Gasteiger partial charge on any atom is 0.313 e. The number of hydrogen-bond acceptors (Lipinski definition) is 7. The van der Waals surface area contributed by atoms with Crippen LogP contribution in [0, 0.1) is 22.7 Å². The molecule has 0 radical (unpaired) electrons. The highest BCUT2D eigenvalue weighted by Gasteiger charge is 2.76. The van der Waals surface area contributed by atoms with Gasteiger partial charge in [0.05, 0.1) is 41.7 Å². The summed E-state index contributed by atoms with van der Waals surface area (Å²) in [4.78, 5) is 25.2. The van der Waals surface area contributed by atoms with Crippen LogP contribution in [0.1, 0.15) is 57.6 Å². The molecule has 29 heavy (non-hydrogen) atoms. The van der Waals surface area contributed by atoms with Gasteiger partial charge in [0.25, 0.3) is 0 Å². The summed E-state index contributed by atoms with van der Waals surface area (Å²) in [5.74, 6) is -0.732. The lowest BCUT2D eigenvalue weighted by Gasteiger charge is -2.60. The van der Waals surface area contributed by atoms with Gasteiger partial charge in [-0.3, -0.25) is 9.59 Å². The van der Waals surface area contributed by atoms with Crippen LogP contribution in [0.3, 0.4) is 0 Å². The molecule has 2 saturated carbocycles. The molecule has 1 spiro atoms. The molecule has 4 aliphatic rings. The molecule has 1 aromatic rings. The van der Waals surface area contributed by atoms with Gasteiger partial charge in [0.15, 0.2) is 0 Å². The fourth-order valence-electron chi connectivity index (χ4n) is 6.95. The van der Waals surface area contributed by atoms with Crippen LogP contribution in [0.5, 0.6) is 0 Å². The second kappa shape index (κ2) is 6.32. The minimum atomic E-state index is -1.10. The molecule has 2 saturated heterocycles. The van der Waals surface area contributed by atoms with E-state index in [-0.39, 0.29) is 49.2 Å². The largest absolute Gasteiger partial charge is 0.472 e. The van der Waals surface area contributed by atoms with Crippen LogP contribution in [0.4, 0.5) is 0 Å². The zero-order chi connectivity index (χ0) is 20.4. The summed E-state index contributed by atoms with van der Waals surface area (Å²) < 4.78 is 22.7. The van der Waals surface area contributed by atoms with E-state index in [4.69, 9.17) is 18.6 Å². The fraction of sp³-hybridized carbons (Fsp3) is 0.727. The summed E-state index contributed by atoms with van der Waals surface area (Å²) >= 11 is 0. The lowest BCUT2D eigenvalue weighted by atomic mass is 9.42. The Hall–Kier alpha value is -1.86. The number of fused-ring (bicyclic) bond motifs is 1. The molecule has 0 unspecified atom stereocenters. The van der Waals surface area contributed by atoms with Crippen molar-refractivity contribution in [1.82, 2.24) is 0 Å². The van der Waals surface area contributed by atoms with Crippen LogP contribution in [0.15, 0.2) is 23.0 Å². The molecule has 2 aliphatic heterocycles. The van der Waals surface area contributed by atoms with E-state index >= 15 is 0 Å². The molecule has 0 aromatic carbocycles. The molecule has 1 aromatic heterocycles. The molecule has 0 amide bonds. The summed E-state index contributed by atoms with van der Waals surface area (Å²) in [6.45, 7) is 3.76. The molecule has 1 N–H and O–H groups in total. The SMILES string of the molecule is CC(=O)OC[C@@]12[C@@H]3CCC[C@]1(O)CO[C@@H]2C[C@@H](C)[C@]31C[C@@H](c2ccoc2)OC1=O. The molecule has 7 heteroatoms. The van der Waals surface area contributed by atoms with Crippen LogP contribution < -0.4 is 0 Å². The number of carbonyl (C=O) groups excluding carboxylic acids is 2. The average molecular weight is 404 g/mol. The topological polar surface area (TPSA) is 95.2 Å². The van der Waals surface area contributed by atoms with Gasteiger partial charge in [-0.05, 0) is 37.2 Å². The Morgan fingerprint density at radius 3 is 2.97 bits per heavy atom. The van der Waals surface area contributed by atoms with Crippen LogP contribution >= 0.6 is 0 Å². The van der Waals surface area contributed by atoms with E-state index in [1.165, 1.54) is 6.92 Å². The minimum Gasteiger partial charge on any atom is -0.472 e. The maximum absolute atomic E-state index is 13.5. The van der Waals surface area contributed by atoms with Crippen LogP contribution in [0.25, 0.3) is 0 Å². The molecule has 4 fully saturated rings. The lowest BCUT2D eigenvalue weighted by Crippen LogP contribution is -2.68. The van der Waals surface area contributed by atoms with Crippen LogP contribution in [-0.4, -0.2) is 42.0 Å². The number of hydrogen-bond donors (Lipinski definition) is 1. The van der Waals surface area contributed by atoms with E-state index in [9.17, 15) is 14.7 Å². The van der Waals surface area contributed by atoms with Crippen LogP contribution in [0.2, 0.25) is 0 Å². The Morgan fingerprint density at radius 1 is 1.41 bits per heavy atom. The van der Waals surface area contributed by atoms with Crippen molar-refractivity contribution in [3.8, 4) is 0 Å². The van der Waals surface area contributed by atoms with Gasteiger partial charge in [0.2, 0.25) is 0 Å². The van der Waals surface area contributed by atoms with Crippen molar-refractivity contribution in [3.05, 3.63) is 24.2 Å². The number of rotatable bonds is 3. The average Bonchev–Trinajstić information content (AvgIpc) is 3.37. The highest BCUT2D eigenvalue weighted by Crippen LogP contribution is 2.70. The minimum absolute atomic E-state index is 0.0350. The summed E-state index contributed by atoms with van der Waals surface area (Å²) in [5, 5.41) is 11.7. The van der Waals surface area contributed by atoms with Crippen molar-refractivity contribution in [3.63, 3.8) is 0 Å². The molecule has 0 bridgehead atoms. The zero-order valence-electron chi connectivity index (χ0n) is 16.9. The first-order chi connectivity index (χ1) is 13.8. The zero-order valence-corrected chi connectivity index (χ0v) is 16.9. The van der Waals surface area contributed by atoms with Gasteiger partial charge in [-0.1, -0.05) is 13.3 Å². The standard InChI is InChI=1S/C22H28O7/c1-13-8-18-22(12-27-14(2)23)17(4-3-6-20(22,25)11-28-18)21(13)9-16(29-19(21)24)15-5-7-26-10-15/h5,7,10,13,16-18,25H,3-4,6,8-9,11-12H2,1-2H3/t13-,16+,17-,18-,20+,21-,22+/m1/s1. The van der Waals surface area contributed by atoms with E-state index < -0.39 is 16.4 Å². The van der Waals surface area contributed by atoms with Gasteiger partial charge >= 0.3 is 11.9 Å². The summed E-state index contributed by atoms with van der Waals surface area (Å²) in [7, 11) is 0. The maximum atomic E-state index is 13.5. The Kier molecular flexibility index (Phi) is 4.17. The number of ether oxygens (including phenoxy) is 3. The normalized spacial score (nSPS) is 45.8. The predicted octanol–water partition coefficient (Wildman–Crippen LogP) is 2.77. The third-order valence-electron chi connectivity index (χ3n) is 8.32. The lowest BCUT2D eigenvalue weighted by molar-refractivity contribution is -0.220. The number of carbonyl (C=O) groups is 2. The second-order valence-electron chi connectivity index (χ2n) is 9.43. The first-order valence-corrected chi connectivity index (χ1v) is 10.5. The first kappa shape index (κ1) is 19.1. The van der Waals surface area contributed by atoms with Crippen LogP contribution in [-0.2, 0) is 23.8 Å². The van der Waals surface area contributed by atoms with E-state index in [1.54, 1.807) is 12.5 Å². The van der Waals surface area contributed by atoms with Gasteiger partial charge in [-0.15, -0.1) is 0 Å². The molecule has 7 nitrogen and oxygen atoms in total. The second-order valence-corrected chi connectivity index (χ2v) is 9.43. The van der Waals surface area contributed by atoms with Gasteiger partial charge < -0.3 is 23.7 Å². The van der Waals surface area contributed by atoms with Gasteiger partial charge in [-0.2, -0.15) is 0 Å². The van der Waals surface area contributed by atoms with E-state index in [1.807, 2.05) is 6.07 Å². The monoisotopic (exact) mass is 404 g/mol. The first-order valence-electron chi connectivity index (χ1n) is 10.5. The number of aliphatic hydroxyl groups is 1. The van der Waals surface area contributed by atoms with Crippen molar-refractivity contribution in [2.24, 2.45) is 22.7 Å². The van der Waals surface area contributed by atoms with Crippen molar-refractivity contribution >= 4 is 11.9 Å². The third-order valence-corrected chi connectivity index (χ3v) is 8.32. The number of cyclic esters (lactones) is 1. The molecule has 158 valence electrons. The highest BCUT2D eigenvalue weighted by atomic mass is 16.6. The summed E-state index contributed by atoms with van der Waals surface area (Å²) in [6.07, 6.45) is 5.96. The smallest absolute Gasteiger partial charge is 0.313 e. The molecule has 3 heterocycles. The highest BCUT2D eigenvalue weighted by molar-refractivity contribution is 5.81. The van der Waals surface area contributed by atoms with Gasteiger partial charge in [-0.25, -0.2) is 0 Å². The van der Waals surface area contributed by atoms with Crippen molar-refractivity contribution in [2.75, 3.05) is 13.2 Å². The number of furan rings is 1. The summed E-state index contributed by atoms with van der Waals surface area (Å²) in [6, 6.07) is 1.83. The van der Waals surface area contributed by atoms with E-state index in [0.717, 1.165) is 18.4 Å². The van der Waals surface area contributed by atoms with Gasteiger partial charge in [0, 0.05) is 18.9 Å². The predicted molar refractivity (Wildman–Crippen MR) is 99.5 cm³/mol. The summed E-state index contributed by atoms with van der Waals surface area (Å²) in [5.41, 5.74) is -1.77. The Balaban J connectivity index is 1.60. The molecular weight excluding hydrogens is 376 g/mol. The van der Waals surface area contributed by atoms with Crippen molar-refractivity contribution in [2.45, 2.75) is 63.8 Å². The number of esters is 2.